The third kappa shape index (κ3) is 29.3. The van der Waals surface area contributed by atoms with Gasteiger partial charge in [-0.05, 0) is 83.5 Å². The van der Waals surface area contributed by atoms with Crippen molar-refractivity contribution >= 4 is 19.8 Å². The molecule has 8 atom stereocenters. The van der Waals surface area contributed by atoms with Crippen LogP contribution in [0, 0.1) is 0 Å². The van der Waals surface area contributed by atoms with Crippen molar-refractivity contribution in [3.05, 3.63) is 72.9 Å². The van der Waals surface area contributed by atoms with Crippen molar-refractivity contribution in [2.45, 2.75) is 198 Å². The lowest BCUT2D eigenvalue weighted by molar-refractivity contribution is -0.220. The predicted molar refractivity (Wildman–Crippen MR) is 239 cm³/mol. The minimum Gasteiger partial charge on any atom is -0.462 e. The van der Waals surface area contributed by atoms with Crippen LogP contribution in [0.4, 0.5) is 0 Å². The molecule has 0 spiro atoms. The first-order valence-electron chi connectivity index (χ1n) is 22.7. The standard InChI is InChI=1S/C47H79O13P/c1-3-5-7-9-11-13-15-17-19-20-22-24-26-28-30-32-34-36-41(49)59-39(38-58-61(55,56)60-47-45(53)43(51)42(50)44(52)46(47)54)37-57-40(48)35-33-31-29-27-25-23-21-18-16-14-12-10-8-6-4-2/h12,14,17-19,21-22,24-25,27-28,30,39,42-47,50-54H,3-11,13,15-16,20,23,26,29,31-38H2,1-2H3,(H,55,56)/b14-12+,19-17+,21-18+,24-22+,27-25+,30-28+/t39-,42?,43+,44?,45?,46?,47?/m1/s1. The number of esters is 2. The molecule has 0 aromatic heterocycles. The van der Waals surface area contributed by atoms with E-state index in [1.54, 1.807) is 0 Å². The molecule has 0 aliphatic heterocycles. The molecule has 13 nitrogen and oxygen atoms in total. The molecule has 0 saturated heterocycles. The Balaban J connectivity index is 2.55. The van der Waals surface area contributed by atoms with Crippen LogP contribution in [-0.4, -0.2) is 98.3 Å². The van der Waals surface area contributed by atoms with Gasteiger partial charge in [0.2, 0.25) is 0 Å². The van der Waals surface area contributed by atoms with Gasteiger partial charge in [-0.1, -0.05) is 132 Å². The van der Waals surface area contributed by atoms with Gasteiger partial charge >= 0.3 is 19.8 Å². The van der Waals surface area contributed by atoms with E-state index in [0.29, 0.717) is 19.3 Å². The summed E-state index contributed by atoms with van der Waals surface area (Å²) in [6.07, 6.45) is 32.5. The minimum atomic E-state index is -5.14. The number of aliphatic hydroxyl groups excluding tert-OH is 5. The second kappa shape index (κ2) is 36.7. The summed E-state index contributed by atoms with van der Waals surface area (Å²) in [6, 6.07) is 0. The highest BCUT2D eigenvalue weighted by Crippen LogP contribution is 2.47. The third-order valence-electron chi connectivity index (χ3n) is 10.0. The summed E-state index contributed by atoms with van der Waals surface area (Å²) in [7, 11) is -5.14. The average Bonchev–Trinajstić information content (AvgIpc) is 3.24. The Hall–Kier alpha value is -2.71. The van der Waals surface area contributed by atoms with Crippen molar-refractivity contribution in [1.29, 1.82) is 0 Å². The van der Waals surface area contributed by atoms with Gasteiger partial charge in [-0.15, -0.1) is 0 Å². The van der Waals surface area contributed by atoms with Crippen molar-refractivity contribution in [3.8, 4) is 0 Å². The summed E-state index contributed by atoms with van der Waals surface area (Å²) in [6.45, 7) is 3.17. The normalized spacial score (nSPS) is 22.7. The van der Waals surface area contributed by atoms with Gasteiger partial charge in [0.15, 0.2) is 6.10 Å². The molecule has 0 heterocycles. The van der Waals surface area contributed by atoms with E-state index in [1.165, 1.54) is 57.8 Å². The van der Waals surface area contributed by atoms with Gasteiger partial charge in [0, 0.05) is 12.8 Å². The van der Waals surface area contributed by atoms with E-state index in [-0.39, 0.29) is 12.8 Å². The first kappa shape index (κ1) is 56.3. The lowest BCUT2D eigenvalue weighted by atomic mass is 9.85. The molecule has 350 valence electrons. The zero-order valence-electron chi connectivity index (χ0n) is 36.9. The quantitative estimate of drug-likeness (QED) is 0.0151. The van der Waals surface area contributed by atoms with E-state index in [2.05, 4.69) is 74.6 Å². The van der Waals surface area contributed by atoms with Crippen LogP contribution in [0.2, 0.25) is 0 Å². The molecular formula is C47H79O13P. The Morgan fingerprint density at radius 2 is 0.902 bits per heavy atom. The number of unbranched alkanes of at least 4 members (excludes halogenated alkanes) is 12. The number of phosphoric acid groups is 1. The number of allylic oxidation sites excluding steroid dienone is 12. The van der Waals surface area contributed by atoms with E-state index in [0.717, 1.165) is 51.4 Å². The smallest absolute Gasteiger partial charge is 0.462 e. The first-order valence-corrected chi connectivity index (χ1v) is 24.2. The van der Waals surface area contributed by atoms with E-state index in [9.17, 15) is 44.6 Å². The van der Waals surface area contributed by atoms with Crippen LogP contribution in [0.5, 0.6) is 0 Å². The molecule has 0 radical (unpaired) electrons. The number of aliphatic hydroxyl groups is 5. The largest absolute Gasteiger partial charge is 0.472 e. The van der Waals surface area contributed by atoms with Gasteiger partial charge in [-0.25, -0.2) is 4.57 Å². The second-order valence-electron chi connectivity index (χ2n) is 15.5. The number of rotatable bonds is 36. The highest BCUT2D eigenvalue weighted by atomic mass is 31.2. The van der Waals surface area contributed by atoms with Gasteiger partial charge in [0.1, 0.15) is 43.2 Å². The molecule has 0 aromatic carbocycles. The summed E-state index contributed by atoms with van der Waals surface area (Å²) in [4.78, 5) is 35.6. The van der Waals surface area contributed by atoms with Crippen molar-refractivity contribution < 1.29 is 63.1 Å². The van der Waals surface area contributed by atoms with Crippen molar-refractivity contribution in [1.82, 2.24) is 0 Å². The summed E-state index contributed by atoms with van der Waals surface area (Å²) < 4.78 is 33.4. The van der Waals surface area contributed by atoms with Crippen LogP contribution in [0.1, 0.15) is 155 Å². The summed E-state index contributed by atoms with van der Waals surface area (Å²) in [5, 5.41) is 50.1. The number of phosphoric ester groups is 1. The topological polar surface area (TPSA) is 210 Å². The third-order valence-corrected chi connectivity index (χ3v) is 11.0. The van der Waals surface area contributed by atoms with Gasteiger partial charge in [0.25, 0.3) is 0 Å². The van der Waals surface area contributed by atoms with Crippen LogP contribution in [0.25, 0.3) is 0 Å². The molecule has 0 bridgehead atoms. The zero-order valence-corrected chi connectivity index (χ0v) is 37.8. The zero-order chi connectivity index (χ0) is 45.0. The molecule has 1 fully saturated rings. The lowest BCUT2D eigenvalue weighted by Crippen LogP contribution is -2.64. The lowest BCUT2D eigenvalue weighted by Gasteiger charge is -2.41. The fourth-order valence-corrected chi connectivity index (χ4v) is 7.28. The molecule has 6 unspecified atom stereocenters. The molecule has 61 heavy (non-hydrogen) atoms. The van der Waals surface area contributed by atoms with Crippen LogP contribution < -0.4 is 0 Å². The molecule has 14 heteroatoms. The molecule has 1 aliphatic carbocycles. The number of hydrogen-bond acceptors (Lipinski definition) is 12. The van der Waals surface area contributed by atoms with Crippen LogP contribution in [-0.2, 0) is 32.7 Å². The predicted octanol–water partition coefficient (Wildman–Crippen LogP) is 8.72. The van der Waals surface area contributed by atoms with Gasteiger partial charge in [-0.3, -0.25) is 18.6 Å². The van der Waals surface area contributed by atoms with E-state index in [4.69, 9.17) is 18.5 Å². The number of ether oxygens (including phenoxy) is 2. The van der Waals surface area contributed by atoms with E-state index < -0.39 is 75.7 Å². The monoisotopic (exact) mass is 883 g/mol. The van der Waals surface area contributed by atoms with Crippen molar-refractivity contribution in [2.75, 3.05) is 13.2 Å². The highest BCUT2D eigenvalue weighted by Gasteiger charge is 2.51. The number of hydrogen-bond donors (Lipinski definition) is 6. The van der Waals surface area contributed by atoms with Crippen LogP contribution in [0.15, 0.2) is 72.9 Å². The molecular weight excluding hydrogens is 803 g/mol. The molecule has 0 amide bonds. The molecule has 1 aliphatic rings. The SMILES string of the molecule is CCCCC/C=C/C/C=C/C/C=C/CCCCC(=O)OC[C@H](COP(=O)(O)OC1C(O)C(O)C(O)[C@H](O)C1O)OC(=O)CCC/C=C/C/C=C/C/C=C/CCCCCCCC. The van der Waals surface area contributed by atoms with Gasteiger partial charge in [-0.2, -0.15) is 0 Å². The Kier molecular flexibility index (Phi) is 33.9. The number of carbonyl (C=O) groups excluding carboxylic acids is 2. The Morgan fingerprint density at radius 1 is 0.508 bits per heavy atom. The fourth-order valence-electron chi connectivity index (χ4n) is 6.31. The number of carbonyl (C=O) groups is 2. The maximum Gasteiger partial charge on any atom is 0.472 e. The summed E-state index contributed by atoms with van der Waals surface area (Å²) in [5.74, 6) is -1.21. The summed E-state index contributed by atoms with van der Waals surface area (Å²) in [5.41, 5.74) is 0. The maximum absolute atomic E-state index is 12.8. The second-order valence-corrected chi connectivity index (χ2v) is 16.9. The highest BCUT2D eigenvalue weighted by molar-refractivity contribution is 7.47. The molecule has 0 aromatic rings. The fraction of sp³-hybridized carbons (Fsp3) is 0.702. The maximum atomic E-state index is 12.8. The Labute approximate surface area is 365 Å². The summed E-state index contributed by atoms with van der Waals surface area (Å²) >= 11 is 0. The first-order chi connectivity index (χ1) is 29.4. The van der Waals surface area contributed by atoms with Gasteiger partial charge < -0.3 is 39.9 Å². The van der Waals surface area contributed by atoms with E-state index >= 15 is 0 Å². The Bertz CT molecular complexity index is 1340. The molecule has 1 saturated carbocycles. The minimum absolute atomic E-state index is 0.0132. The van der Waals surface area contributed by atoms with Crippen molar-refractivity contribution in [3.63, 3.8) is 0 Å². The van der Waals surface area contributed by atoms with Crippen LogP contribution >= 0.6 is 7.82 Å². The van der Waals surface area contributed by atoms with Crippen LogP contribution in [0.3, 0.4) is 0 Å². The Morgan fingerprint density at radius 3 is 1.43 bits per heavy atom. The average molecular weight is 883 g/mol. The molecule has 6 N–H and O–H groups in total. The van der Waals surface area contributed by atoms with Crippen molar-refractivity contribution in [2.24, 2.45) is 0 Å². The van der Waals surface area contributed by atoms with Gasteiger partial charge in [0.05, 0.1) is 6.61 Å². The van der Waals surface area contributed by atoms with E-state index in [1.807, 2.05) is 12.2 Å². The molecule has 1 rings (SSSR count).